The number of para-hydroxylation sites is 1. The Kier molecular flexibility index (Phi) is 10.4. The zero-order valence-corrected chi connectivity index (χ0v) is 45.6. The van der Waals surface area contributed by atoms with E-state index in [1.54, 1.807) is 0 Å². The summed E-state index contributed by atoms with van der Waals surface area (Å²) in [5.74, 6) is 0. The molecule has 8 aromatic rings. The van der Waals surface area contributed by atoms with Crippen molar-refractivity contribution >= 4 is 68.6 Å². The normalized spacial score (nSPS) is 18.9. The Morgan fingerprint density at radius 3 is 1.53 bits per heavy atom. The first-order valence-corrected chi connectivity index (χ1v) is 26.9. The van der Waals surface area contributed by atoms with Crippen molar-refractivity contribution in [2.24, 2.45) is 0 Å². The first-order valence-electron chi connectivity index (χ1n) is 26.9. The Morgan fingerprint density at radius 2 is 0.890 bits per heavy atom. The minimum absolute atomic E-state index is 0.00866. The molecule has 1 aliphatic carbocycles. The van der Waals surface area contributed by atoms with E-state index in [2.05, 4.69) is 281 Å². The van der Waals surface area contributed by atoms with Gasteiger partial charge in [-0.2, -0.15) is 0 Å². The number of anilines is 8. The van der Waals surface area contributed by atoms with Crippen LogP contribution in [0.15, 0.2) is 176 Å². The van der Waals surface area contributed by atoms with E-state index in [0.29, 0.717) is 0 Å². The predicted octanol–water partition coefficient (Wildman–Crippen LogP) is 16.0. The van der Waals surface area contributed by atoms with Gasteiger partial charge in [0.05, 0.1) is 5.54 Å². The first-order chi connectivity index (χ1) is 34.6. The molecular formula is C69H72BN3. The van der Waals surface area contributed by atoms with E-state index >= 15 is 0 Å². The van der Waals surface area contributed by atoms with Crippen LogP contribution in [-0.2, 0) is 39.9 Å². The van der Waals surface area contributed by atoms with E-state index in [-0.39, 0.29) is 39.3 Å². The third-order valence-corrected chi connectivity index (χ3v) is 17.4. The molecular weight excluding hydrogens is 882 g/mol. The van der Waals surface area contributed by atoms with Gasteiger partial charge < -0.3 is 14.7 Å². The fourth-order valence-electron chi connectivity index (χ4n) is 13.4. The second-order valence-corrected chi connectivity index (χ2v) is 26.2. The van der Waals surface area contributed by atoms with E-state index in [4.69, 9.17) is 0 Å². The molecule has 3 aliphatic heterocycles. The molecule has 8 aromatic carbocycles. The Labute approximate surface area is 437 Å². The second-order valence-electron chi connectivity index (χ2n) is 26.2. The summed E-state index contributed by atoms with van der Waals surface area (Å²) in [4.78, 5) is 8.02. The maximum atomic E-state index is 2.76. The smallest absolute Gasteiger partial charge is 0.252 e. The van der Waals surface area contributed by atoms with Crippen molar-refractivity contribution in [2.75, 3.05) is 14.7 Å². The zero-order valence-electron chi connectivity index (χ0n) is 45.6. The monoisotopic (exact) mass is 954 g/mol. The van der Waals surface area contributed by atoms with Gasteiger partial charge in [-0.3, -0.25) is 0 Å². The van der Waals surface area contributed by atoms with Gasteiger partial charge >= 0.3 is 0 Å². The van der Waals surface area contributed by atoms with Crippen LogP contribution in [0.1, 0.15) is 135 Å². The summed E-state index contributed by atoms with van der Waals surface area (Å²) in [5, 5.41) is 0. The highest BCUT2D eigenvalue weighted by Crippen LogP contribution is 2.63. The summed E-state index contributed by atoms with van der Waals surface area (Å²) >= 11 is 0. The van der Waals surface area contributed by atoms with Gasteiger partial charge in [-0.15, -0.1) is 0 Å². The van der Waals surface area contributed by atoms with E-state index in [1.807, 2.05) is 0 Å². The molecule has 3 nitrogen and oxygen atoms in total. The van der Waals surface area contributed by atoms with Crippen LogP contribution in [0.5, 0.6) is 0 Å². The molecule has 2 atom stereocenters. The third-order valence-electron chi connectivity index (χ3n) is 17.4. The van der Waals surface area contributed by atoms with Crippen molar-refractivity contribution in [3.05, 3.63) is 220 Å². The van der Waals surface area contributed by atoms with Crippen LogP contribution in [0.2, 0.25) is 0 Å². The first kappa shape index (κ1) is 47.2. The van der Waals surface area contributed by atoms with Crippen molar-refractivity contribution < 1.29 is 0 Å². The van der Waals surface area contributed by atoms with Gasteiger partial charge in [0, 0.05) is 50.9 Å². The van der Waals surface area contributed by atoms with Crippen LogP contribution in [-0.4, -0.2) is 12.3 Å². The molecule has 4 heteroatoms. The molecule has 2 unspecified atom stereocenters. The predicted molar refractivity (Wildman–Crippen MR) is 313 cm³/mol. The largest absolute Gasteiger partial charge is 0.334 e. The minimum Gasteiger partial charge on any atom is -0.334 e. The molecule has 4 aliphatic rings. The molecule has 0 bridgehead atoms. The highest BCUT2D eigenvalue weighted by atomic mass is 15.3. The zero-order chi connectivity index (χ0) is 51.2. The van der Waals surface area contributed by atoms with E-state index in [0.717, 1.165) is 12.8 Å². The topological polar surface area (TPSA) is 9.72 Å². The average Bonchev–Trinajstić information content (AvgIpc) is 3.58. The lowest BCUT2D eigenvalue weighted by atomic mass is 9.33. The van der Waals surface area contributed by atoms with Crippen LogP contribution >= 0.6 is 0 Å². The fraction of sp³-hybridized carbons (Fsp3) is 0.304. The van der Waals surface area contributed by atoms with Crippen LogP contribution in [0.25, 0.3) is 0 Å². The summed E-state index contributed by atoms with van der Waals surface area (Å²) in [6.07, 6.45) is 1.85. The standard InChI is InChI=1S/C69H72BN3/c1-64(2,3)47-30-33-52(34-31-47)71-60-42-54(73-58-29-20-19-28-55(58)69(48-24-15-14-16-25-48)44-46-23-18-17-22-45(46)43-68(69,73)13)35-37-57(60)70-56-36-32-50(66(7,8)9)39-59(56)72(53-27-21-26-49(38-53)65(4,5)6)62-41-51(67(10,11)12)40-61(71)63(62)70/h14-42H,43-44H2,1-13H3. The van der Waals surface area contributed by atoms with Crippen molar-refractivity contribution in [2.45, 2.75) is 135 Å². The number of benzene rings is 8. The van der Waals surface area contributed by atoms with Crippen molar-refractivity contribution in [3.63, 3.8) is 0 Å². The number of fused-ring (bicyclic) bond motifs is 8. The van der Waals surface area contributed by atoms with E-state index in [9.17, 15) is 0 Å². The van der Waals surface area contributed by atoms with Crippen LogP contribution < -0.4 is 31.1 Å². The summed E-state index contributed by atoms with van der Waals surface area (Å²) < 4.78 is 0. The molecule has 0 saturated heterocycles. The number of nitrogens with zero attached hydrogens (tertiary/aromatic N) is 3. The van der Waals surface area contributed by atoms with Crippen molar-refractivity contribution in [1.82, 2.24) is 0 Å². The van der Waals surface area contributed by atoms with Gasteiger partial charge in [0.1, 0.15) is 0 Å². The minimum atomic E-state index is -0.331. The lowest BCUT2D eigenvalue weighted by molar-refractivity contribution is 0.281. The van der Waals surface area contributed by atoms with Gasteiger partial charge in [0.25, 0.3) is 6.71 Å². The van der Waals surface area contributed by atoms with Crippen molar-refractivity contribution in [1.29, 1.82) is 0 Å². The maximum absolute atomic E-state index is 2.76. The van der Waals surface area contributed by atoms with Gasteiger partial charge in [-0.25, -0.2) is 0 Å². The van der Waals surface area contributed by atoms with Crippen LogP contribution in [0, 0.1) is 0 Å². The second kappa shape index (κ2) is 16.1. The van der Waals surface area contributed by atoms with Crippen LogP contribution in [0.3, 0.4) is 0 Å². The molecule has 12 rings (SSSR count). The summed E-state index contributed by atoms with van der Waals surface area (Å²) in [7, 11) is 0. The molecule has 3 heterocycles. The van der Waals surface area contributed by atoms with Gasteiger partial charge in [0.2, 0.25) is 0 Å². The number of hydrogen-bond acceptors (Lipinski definition) is 3. The molecule has 366 valence electrons. The summed E-state index contributed by atoms with van der Waals surface area (Å²) in [6, 6.07) is 68.9. The van der Waals surface area contributed by atoms with Gasteiger partial charge in [-0.1, -0.05) is 198 Å². The maximum Gasteiger partial charge on any atom is 0.252 e. The van der Waals surface area contributed by atoms with E-state index < -0.39 is 0 Å². The van der Waals surface area contributed by atoms with Crippen LogP contribution in [0.4, 0.5) is 45.5 Å². The molecule has 0 amide bonds. The molecule has 0 spiro atoms. The SMILES string of the molecule is CC(C)(C)c1ccc(N2c3cc(N4c5ccccc5C5(c6ccccc6)Cc6ccccc6CC45C)ccc3B3c4ccc(C(C)(C)C)cc4N(c4cccc(C(C)(C)C)c4)c4cc(C(C)(C)C)cc2c43)cc1. The fourth-order valence-corrected chi connectivity index (χ4v) is 13.4. The molecule has 0 saturated carbocycles. The quantitative estimate of drug-likeness (QED) is 0.163. The molecule has 0 fully saturated rings. The highest BCUT2D eigenvalue weighted by Gasteiger charge is 2.62. The summed E-state index contributed by atoms with van der Waals surface area (Å²) in [5.41, 5.74) is 24.1. The molecule has 73 heavy (non-hydrogen) atoms. The Balaban J connectivity index is 1.16. The van der Waals surface area contributed by atoms with Crippen molar-refractivity contribution in [3.8, 4) is 0 Å². The lowest BCUT2D eigenvalue weighted by Gasteiger charge is -2.53. The Hall–Kier alpha value is -6.78. The molecule has 0 aromatic heterocycles. The third kappa shape index (κ3) is 7.21. The molecule has 0 N–H and O–H groups in total. The van der Waals surface area contributed by atoms with Gasteiger partial charge in [-0.05, 0) is 163 Å². The molecule has 0 radical (unpaired) electrons. The number of rotatable bonds is 4. The Morgan fingerprint density at radius 1 is 0.384 bits per heavy atom. The van der Waals surface area contributed by atoms with E-state index in [1.165, 1.54) is 106 Å². The number of hydrogen-bond donors (Lipinski definition) is 0. The average molecular weight is 954 g/mol. The summed E-state index contributed by atoms with van der Waals surface area (Å²) in [6.45, 7) is 30.7. The lowest BCUT2D eigenvalue weighted by Crippen LogP contribution is -2.62. The highest BCUT2D eigenvalue weighted by molar-refractivity contribution is 7.00. The van der Waals surface area contributed by atoms with Gasteiger partial charge in [0.15, 0.2) is 0 Å². The Bertz CT molecular complexity index is 3490.